The minimum atomic E-state index is -0.246. The molecule has 0 amide bonds. The molecule has 0 radical (unpaired) electrons. The molecule has 0 heterocycles. The Balaban J connectivity index is 1.60. The van der Waals surface area contributed by atoms with Crippen molar-refractivity contribution in [2.75, 3.05) is 18.1 Å². The van der Waals surface area contributed by atoms with Crippen molar-refractivity contribution in [2.45, 2.75) is 82.6 Å². The molecule has 4 fully saturated rings. The van der Waals surface area contributed by atoms with E-state index in [-0.39, 0.29) is 11.4 Å². The highest BCUT2D eigenvalue weighted by molar-refractivity contribution is 8.17. The van der Waals surface area contributed by atoms with Crippen LogP contribution in [0.2, 0.25) is 0 Å². The van der Waals surface area contributed by atoms with E-state index >= 15 is 0 Å². The van der Waals surface area contributed by atoms with E-state index in [2.05, 4.69) is 44.0 Å². The van der Waals surface area contributed by atoms with Crippen LogP contribution in [0.1, 0.15) is 78.1 Å². The summed E-state index contributed by atoms with van der Waals surface area (Å²) in [5.74, 6) is 4.12. The first-order chi connectivity index (χ1) is 13.0. The summed E-state index contributed by atoms with van der Waals surface area (Å²) in [6.45, 7) is 8.79. The van der Waals surface area contributed by atoms with E-state index in [0.717, 1.165) is 16.4 Å². The Morgan fingerprint density at radius 1 is 1.15 bits per heavy atom. The molecule has 0 saturated heterocycles. The average molecular weight is 411 g/mol. The Hall–Kier alpha value is -0.0900. The summed E-state index contributed by atoms with van der Waals surface area (Å²) in [6, 6.07) is 0. The molecular weight excluding hydrogens is 372 g/mol. The van der Waals surface area contributed by atoms with Gasteiger partial charge in [-0.2, -0.15) is 0 Å². The number of ether oxygens (including phenoxy) is 1. The molecule has 4 aliphatic carbocycles. The van der Waals surface area contributed by atoms with Gasteiger partial charge in [-0.15, -0.1) is 23.5 Å². The van der Waals surface area contributed by atoms with Crippen LogP contribution in [0.25, 0.3) is 0 Å². The first-order valence-corrected chi connectivity index (χ1v) is 13.1. The zero-order valence-electron chi connectivity index (χ0n) is 17.3. The van der Waals surface area contributed by atoms with Gasteiger partial charge in [-0.1, -0.05) is 33.3 Å². The minimum absolute atomic E-state index is 0.246. The molecule has 0 N–H and O–H groups in total. The van der Waals surface area contributed by atoms with E-state index < -0.39 is 0 Å². The fourth-order valence-electron chi connectivity index (χ4n) is 6.35. The Bertz CT molecular complexity index is 505. The van der Waals surface area contributed by atoms with Gasteiger partial charge >= 0.3 is 5.97 Å². The molecule has 4 saturated carbocycles. The number of thioether (sulfide) groups is 2. The normalized spacial score (nSPS) is 35.2. The molecule has 2 nitrogen and oxygen atoms in total. The maximum absolute atomic E-state index is 11.6. The van der Waals surface area contributed by atoms with E-state index in [9.17, 15) is 4.79 Å². The zero-order valence-corrected chi connectivity index (χ0v) is 19.0. The Morgan fingerprint density at radius 3 is 2.48 bits per heavy atom. The van der Waals surface area contributed by atoms with Crippen molar-refractivity contribution in [3.8, 4) is 0 Å². The van der Waals surface area contributed by atoms with Crippen LogP contribution in [0.5, 0.6) is 0 Å². The number of carbonyl (C=O) groups excluding carboxylic acids is 1. The van der Waals surface area contributed by atoms with Gasteiger partial charge in [0.1, 0.15) is 0 Å². The van der Waals surface area contributed by atoms with Gasteiger partial charge in [-0.3, -0.25) is 0 Å². The maximum atomic E-state index is 11.6. The topological polar surface area (TPSA) is 26.3 Å². The fourth-order valence-corrected chi connectivity index (χ4v) is 9.63. The minimum Gasteiger partial charge on any atom is -0.462 e. The van der Waals surface area contributed by atoms with Crippen molar-refractivity contribution < 1.29 is 9.53 Å². The van der Waals surface area contributed by atoms with E-state index in [4.69, 9.17) is 4.74 Å². The van der Waals surface area contributed by atoms with Crippen molar-refractivity contribution in [2.24, 2.45) is 22.7 Å². The molecule has 0 aromatic carbocycles. The van der Waals surface area contributed by atoms with E-state index in [0.29, 0.717) is 12.0 Å². The SMILES string of the molecule is C=CC(=O)OCC12CC3CC(C1)CC(CSC(CCC)SCCCC)(C3)C2. The lowest BCUT2D eigenvalue weighted by atomic mass is 9.45. The molecule has 4 rings (SSSR count). The molecule has 154 valence electrons. The highest BCUT2D eigenvalue weighted by Crippen LogP contribution is 2.66. The van der Waals surface area contributed by atoms with Crippen molar-refractivity contribution in [3.05, 3.63) is 12.7 Å². The van der Waals surface area contributed by atoms with Crippen LogP contribution < -0.4 is 0 Å². The van der Waals surface area contributed by atoms with Crippen LogP contribution in [0, 0.1) is 22.7 Å². The summed E-state index contributed by atoms with van der Waals surface area (Å²) < 4.78 is 6.35. The second-order valence-electron chi connectivity index (χ2n) is 9.53. The number of carbonyl (C=O) groups is 1. The molecular formula is C23H38O2S2. The molecule has 4 aliphatic rings. The molecule has 0 aromatic rings. The van der Waals surface area contributed by atoms with Crippen LogP contribution >= 0.6 is 23.5 Å². The molecule has 3 unspecified atom stereocenters. The van der Waals surface area contributed by atoms with Crippen molar-refractivity contribution in [1.82, 2.24) is 0 Å². The van der Waals surface area contributed by atoms with Gasteiger partial charge in [-0.25, -0.2) is 4.79 Å². The highest BCUT2D eigenvalue weighted by Gasteiger charge is 2.57. The Labute approximate surface area is 175 Å². The number of hydrogen-bond donors (Lipinski definition) is 0. The number of esters is 1. The van der Waals surface area contributed by atoms with Crippen molar-refractivity contribution >= 4 is 29.5 Å². The lowest BCUT2D eigenvalue weighted by Gasteiger charge is -2.62. The predicted molar refractivity (Wildman–Crippen MR) is 119 cm³/mol. The van der Waals surface area contributed by atoms with Crippen LogP contribution in [0.15, 0.2) is 12.7 Å². The van der Waals surface area contributed by atoms with Crippen molar-refractivity contribution in [3.63, 3.8) is 0 Å². The molecule has 0 spiro atoms. The van der Waals surface area contributed by atoms with Gasteiger partial charge in [0, 0.05) is 17.2 Å². The van der Waals surface area contributed by atoms with Crippen LogP contribution in [-0.2, 0) is 9.53 Å². The smallest absolute Gasteiger partial charge is 0.330 e. The lowest BCUT2D eigenvalue weighted by molar-refractivity contribution is -0.157. The van der Waals surface area contributed by atoms with Gasteiger partial charge in [0.05, 0.1) is 11.2 Å². The average Bonchev–Trinajstić information content (AvgIpc) is 2.63. The second-order valence-corrected chi connectivity index (χ2v) is 12.3. The lowest BCUT2D eigenvalue weighted by Crippen LogP contribution is -2.54. The highest BCUT2D eigenvalue weighted by atomic mass is 32.2. The molecule has 0 aromatic heterocycles. The standard InChI is InChI=1S/C23H38O2S2/c1-4-7-9-26-21(8-5-2)27-17-23-13-18-10-19(14-23)12-22(11-18,15-23)16-25-20(24)6-3/h6,18-19,21H,3-5,7-17H2,1-2H3. The number of hydrogen-bond acceptors (Lipinski definition) is 4. The van der Waals surface area contributed by atoms with Crippen LogP contribution in [-0.4, -0.2) is 28.7 Å². The maximum Gasteiger partial charge on any atom is 0.330 e. The van der Waals surface area contributed by atoms with Gasteiger partial charge in [-0.05, 0) is 74.4 Å². The first kappa shape index (κ1) is 21.6. The fraction of sp³-hybridized carbons (Fsp3) is 0.870. The predicted octanol–water partition coefficient (Wildman–Crippen LogP) is 6.69. The summed E-state index contributed by atoms with van der Waals surface area (Å²) >= 11 is 4.45. The third kappa shape index (κ3) is 5.50. The summed E-state index contributed by atoms with van der Waals surface area (Å²) in [7, 11) is 0. The van der Waals surface area contributed by atoms with E-state index in [1.54, 1.807) is 0 Å². The summed E-state index contributed by atoms with van der Waals surface area (Å²) in [5.41, 5.74) is 0.769. The van der Waals surface area contributed by atoms with E-state index in [1.807, 2.05) is 0 Å². The summed E-state index contributed by atoms with van der Waals surface area (Å²) in [4.78, 5) is 11.6. The van der Waals surface area contributed by atoms with Gasteiger partial charge in [0.25, 0.3) is 0 Å². The van der Waals surface area contributed by atoms with Crippen LogP contribution in [0.4, 0.5) is 0 Å². The first-order valence-electron chi connectivity index (χ1n) is 11.0. The Kier molecular flexibility index (Phi) is 7.69. The Morgan fingerprint density at radius 2 is 1.85 bits per heavy atom. The summed E-state index contributed by atoms with van der Waals surface area (Å²) in [5, 5.41) is 0. The third-order valence-corrected chi connectivity index (χ3v) is 10.2. The molecule has 4 bridgehead atoms. The number of rotatable bonds is 12. The molecule has 3 atom stereocenters. The van der Waals surface area contributed by atoms with Crippen LogP contribution in [0.3, 0.4) is 0 Å². The summed E-state index contributed by atoms with van der Waals surface area (Å²) in [6.07, 6.45) is 14.7. The van der Waals surface area contributed by atoms with Gasteiger partial charge in [0.15, 0.2) is 0 Å². The van der Waals surface area contributed by atoms with Crippen molar-refractivity contribution in [1.29, 1.82) is 0 Å². The largest absolute Gasteiger partial charge is 0.462 e. The molecule has 4 heteroatoms. The van der Waals surface area contributed by atoms with Gasteiger partial charge in [0.2, 0.25) is 0 Å². The van der Waals surface area contributed by atoms with E-state index in [1.165, 1.54) is 81.8 Å². The second kappa shape index (κ2) is 9.61. The van der Waals surface area contributed by atoms with Gasteiger partial charge < -0.3 is 4.74 Å². The third-order valence-electron chi connectivity index (χ3n) is 6.89. The number of unbranched alkanes of at least 4 members (excludes halogenated alkanes) is 1. The molecule has 27 heavy (non-hydrogen) atoms. The monoisotopic (exact) mass is 410 g/mol. The zero-order chi connectivity index (χ0) is 19.3. The molecule has 0 aliphatic heterocycles. The quantitative estimate of drug-likeness (QED) is 0.155.